The molecule has 0 fully saturated rings. The van der Waals surface area contributed by atoms with Gasteiger partial charge in [-0.3, -0.25) is 0 Å². The number of hydrogen-bond acceptors (Lipinski definition) is 0. The molecule has 0 saturated carbocycles. The maximum absolute atomic E-state index is 4.89. The van der Waals surface area contributed by atoms with Gasteiger partial charge in [-0.05, 0) is 0 Å². The summed E-state index contributed by atoms with van der Waals surface area (Å²) in [7, 11) is 9.78. The van der Waals surface area contributed by atoms with Gasteiger partial charge in [-0.1, -0.05) is 0 Å². The molecule has 0 aliphatic heterocycles. The van der Waals surface area contributed by atoms with Crippen molar-refractivity contribution in [1.82, 2.24) is 0 Å². The molecule has 7 heavy (non-hydrogen) atoms. The van der Waals surface area contributed by atoms with Gasteiger partial charge < -0.3 is 23.3 Å². The molecule has 50 valence electrons. The van der Waals surface area contributed by atoms with Crippen molar-refractivity contribution in [2.24, 2.45) is 0 Å². The van der Waals surface area contributed by atoms with Gasteiger partial charge in [-0.15, -0.1) is 0 Å². The van der Waals surface area contributed by atoms with Crippen molar-refractivity contribution in [3.8, 4) is 0 Å². The third-order valence-corrected chi connectivity index (χ3v) is 0. The zero-order valence-corrected chi connectivity index (χ0v) is 6.48. The van der Waals surface area contributed by atoms with Gasteiger partial charge in [-0.25, -0.2) is 0 Å². The molecule has 0 bridgehead atoms. The Morgan fingerprint density at radius 3 is 0.857 bits per heavy atom. The molecule has 0 aromatic heterocycles. The van der Waals surface area contributed by atoms with Gasteiger partial charge in [0, 0.05) is 0 Å². The first-order valence-electron chi connectivity index (χ1n) is 0.378. The van der Waals surface area contributed by atoms with Gasteiger partial charge in [0.25, 0.3) is 0 Å². The second-order valence-electron chi connectivity index (χ2n) is 0.0714. The molecule has 0 atom stereocenters. The second-order valence-corrected chi connectivity index (χ2v) is 2.65. The Balaban J connectivity index is -0.00000000333. The number of rotatable bonds is 0. The zero-order valence-electron chi connectivity index (χ0n) is 3.41. The summed E-state index contributed by atoms with van der Waals surface area (Å²) in [6.45, 7) is 0. The zero-order chi connectivity index (χ0) is 2.71. The molecule has 4 nitrogen and oxygen atoms in total. The van der Waals surface area contributed by atoms with E-state index in [4.69, 9.17) is 18.6 Å². The molecule has 0 radical (unpaired) electrons. The van der Waals surface area contributed by atoms with Crippen molar-refractivity contribution in [1.29, 1.82) is 0 Å². The molecule has 0 amide bonds. The molecule has 0 saturated heterocycles. The third-order valence-electron chi connectivity index (χ3n) is 0. The molecule has 0 heterocycles. The van der Waals surface area contributed by atoms with Crippen molar-refractivity contribution >= 4 is 18.6 Å². The van der Waals surface area contributed by atoms with Crippen LogP contribution in [0.25, 0.3) is 12.3 Å². The largest absolute Gasteiger partial charge is 0.693 e. The minimum atomic E-state index is -0.556. The maximum atomic E-state index is 4.89. The van der Waals surface area contributed by atoms with Crippen molar-refractivity contribution in [2.45, 2.75) is 0 Å². The summed E-state index contributed by atoms with van der Waals surface area (Å²) in [5.41, 5.74) is 0. The molecule has 0 aliphatic carbocycles. The molecule has 7 heteroatoms. The van der Waals surface area contributed by atoms with Gasteiger partial charge in [0.05, 0.1) is 0 Å². The van der Waals surface area contributed by atoms with Crippen LogP contribution in [-0.4, -0.2) is 11.0 Å². The van der Waals surface area contributed by atoms with E-state index in [0.717, 1.165) is 0 Å². The van der Waals surface area contributed by atoms with Gasteiger partial charge in [-0.2, -0.15) is 0 Å². The fraction of sp³-hybridized carbons (Fsp3) is 0. The maximum Gasteiger partial charge on any atom is -0.693 e. The fourth-order valence-corrected chi connectivity index (χ4v) is 0. The van der Waals surface area contributed by atoms with Crippen LogP contribution in [0.15, 0.2) is 0 Å². The van der Waals surface area contributed by atoms with E-state index in [1.807, 2.05) is 0 Å². The Kier molecular flexibility index (Phi) is 355. The Morgan fingerprint density at radius 1 is 0.857 bits per heavy atom. The SMILES string of the molecule is O.O.[Cl][Ti][Cl].[NH2-].[NH2-]. The van der Waals surface area contributed by atoms with Crippen molar-refractivity contribution in [3.63, 3.8) is 0 Å². The smallest absolute Gasteiger partial charge is 0.693 e. The van der Waals surface area contributed by atoms with E-state index in [-0.39, 0.29) is 23.3 Å². The van der Waals surface area contributed by atoms with E-state index < -0.39 is 17.0 Å². The van der Waals surface area contributed by atoms with Crippen LogP contribution in [0.2, 0.25) is 0 Å². The Bertz CT molecular complexity index is 13.7. The number of halogens is 2. The van der Waals surface area contributed by atoms with E-state index >= 15 is 0 Å². The summed E-state index contributed by atoms with van der Waals surface area (Å²) >= 11 is -0.556. The minimum Gasteiger partial charge on any atom is -0.693 e. The Morgan fingerprint density at radius 2 is 0.857 bits per heavy atom. The molecule has 0 unspecified atom stereocenters. The molecular formula is H8Cl2N2O2Ti-2. The van der Waals surface area contributed by atoms with Crippen molar-refractivity contribution in [3.05, 3.63) is 12.3 Å². The van der Waals surface area contributed by atoms with Crippen LogP contribution in [-0.2, 0) is 17.0 Å². The monoisotopic (exact) mass is 186 g/mol. The molecule has 0 aliphatic rings. The summed E-state index contributed by atoms with van der Waals surface area (Å²) < 4.78 is 0. The Labute approximate surface area is 59.0 Å². The average Bonchev–Trinajstić information content (AvgIpc) is 0.918. The van der Waals surface area contributed by atoms with Crippen LogP contribution in [0.4, 0.5) is 0 Å². The molecular weight excluding hydrogens is 179 g/mol. The summed E-state index contributed by atoms with van der Waals surface area (Å²) in [6, 6.07) is 0. The van der Waals surface area contributed by atoms with Crippen LogP contribution in [0.5, 0.6) is 0 Å². The molecule has 0 aromatic carbocycles. The first-order chi connectivity index (χ1) is 1.41. The molecule has 0 aromatic rings. The van der Waals surface area contributed by atoms with Gasteiger partial charge in [0.1, 0.15) is 0 Å². The number of hydrogen-bond donors (Lipinski definition) is 0. The summed E-state index contributed by atoms with van der Waals surface area (Å²) in [6.07, 6.45) is 0. The summed E-state index contributed by atoms with van der Waals surface area (Å²) in [5, 5.41) is 0. The number of nitrogens with two attached hydrogens (primary N) is 2. The van der Waals surface area contributed by atoms with Gasteiger partial charge >= 0.3 is 35.6 Å². The topological polar surface area (TPSA) is 130 Å². The Hall–Kier alpha value is 1.13. The van der Waals surface area contributed by atoms with E-state index in [1.54, 1.807) is 0 Å². The fourth-order valence-electron chi connectivity index (χ4n) is 0. The van der Waals surface area contributed by atoms with Crippen LogP contribution in [0.1, 0.15) is 0 Å². The van der Waals surface area contributed by atoms with Crippen molar-refractivity contribution in [2.75, 3.05) is 0 Å². The van der Waals surface area contributed by atoms with Crippen molar-refractivity contribution < 1.29 is 28.0 Å². The van der Waals surface area contributed by atoms with Crippen LogP contribution in [0.3, 0.4) is 0 Å². The first kappa shape index (κ1) is 42.1. The first-order valence-corrected chi connectivity index (χ1v) is 4.68. The predicted octanol–water partition coefficient (Wildman–Crippen LogP) is 1.16. The van der Waals surface area contributed by atoms with Crippen LogP contribution in [0, 0.1) is 0 Å². The summed E-state index contributed by atoms with van der Waals surface area (Å²) in [5.74, 6) is 0. The third kappa shape index (κ3) is 146. The minimum absolute atomic E-state index is 0. The van der Waals surface area contributed by atoms with E-state index in [9.17, 15) is 0 Å². The molecule has 0 spiro atoms. The molecule has 0 rings (SSSR count). The van der Waals surface area contributed by atoms with Crippen LogP contribution < -0.4 is 0 Å². The van der Waals surface area contributed by atoms with Gasteiger partial charge in [0.2, 0.25) is 0 Å². The standard InChI is InChI=1S/2ClH.2H2N.2H2O.Ti/h2*1H;4*1H2;/q;;2*-1;;;+2/p-2. The van der Waals surface area contributed by atoms with E-state index in [2.05, 4.69) is 0 Å². The van der Waals surface area contributed by atoms with E-state index in [0.29, 0.717) is 0 Å². The quantitative estimate of drug-likeness (QED) is 0.503. The summed E-state index contributed by atoms with van der Waals surface area (Å²) in [4.78, 5) is 0. The van der Waals surface area contributed by atoms with Crippen LogP contribution >= 0.6 is 18.6 Å². The predicted molar refractivity (Wildman–Crippen MR) is 29.5 cm³/mol. The van der Waals surface area contributed by atoms with E-state index in [1.165, 1.54) is 0 Å². The normalized spacial score (nSPS) is 2.00. The average molecular weight is 187 g/mol. The molecule has 8 N–H and O–H groups in total. The second kappa shape index (κ2) is 58.9. The van der Waals surface area contributed by atoms with Gasteiger partial charge in [0.15, 0.2) is 0 Å².